The van der Waals surface area contributed by atoms with Crippen LogP contribution in [-0.2, 0) is 0 Å². The molecule has 2 unspecified atom stereocenters. The van der Waals surface area contributed by atoms with Crippen molar-refractivity contribution in [3.05, 3.63) is 15.8 Å². The van der Waals surface area contributed by atoms with E-state index in [1.165, 1.54) is 6.42 Å². The molecule has 0 bridgehead atoms. The lowest BCUT2D eigenvalue weighted by molar-refractivity contribution is -0.387. The third-order valence-corrected chi connectivity index (χ3v) is 3.71. The molecule has 7 nitrogen and oxygen atoms in total. The van der Waals surface area contributed by atoms with E-state index in [-0.39, 0.29) is 17.7 Å². The highest BCUT2D eigenvalue weighted by atomic mass is 16.6. The quantitative estimate of drug-likeness (QED) is 0.663. The standard InChI is InChI=1S/C14H22N4O3/c1-4-15-14-16-10(3)12(18(19)20)13(17-14)21-11-7-5-6-9(2)8-11/h9,11H,4-8H2,1-3H3,(H,15,16,17). The van der Waals surface area contributed by atoms with Crippen LogP contribution < -0.4 is 10.1 Å². The first kappa shape index (κ1) is 15.5. The highest BCUT2D eigenvalue weighted by Gasteiger charge is 2.28. The molecule has 0 radical (unpaired) electrons. The number of nitrogens with zero attached hydrogens (tertiary/aromatic N) is 3. The van der Waals surface area contributed by atoms with Gasteiger partial charge in [-0.3, -0.25) is 10.1 Å². The summed E-state index contributed by atoms with van der Waals surface area (Å²) in [4.78, 5) is 19.1. The highest BCUT2D eigenvalue weighted by molar-refractivity contribution is 5.48. The fraction of sp³-hybridized carbons (Fsp3) is 0.714. The molecule has 0 spiro atoms. The normalized spacial score (nSPS) is 21.9. The molecule has 1 aromatic heterocycles. The molecule has 1 saturated carbocycles. The van der Waals surface area contributed by atoms with E-state index in [9.17, 15) is 10.1 Å². The fourth-order valence-electron chi connectivity index (χ4n) is 2.71. The molecular formula is C14H22N4O3. The molecule has 1 N–H and O–H groups in total. The first-order valence-electron chi connectivity index (χ1n) is 7.44. The van der Waals surface area contributed by atoms with E-state index >= 15 is 0 Å². The van der Waals surface area contributed by atoms with Crippen LogP contribution in [0.15, 0.2) is 0 Å². The maximum atomic E-state index is 11.2. The second-order valence-electron chi connectivity index (χ2n) is 5.59. The molecule has 1 aliphatic rings. The zero-order valence-corrected chi connectivity index (χ0v) is 12.8. The molecule has 116 valence electrons. The Morgan fingerprint density at radius 1 is 1.43 bits per heavy atom. The Labute approximate surface area is 124 Å². The van der Waals surface area contributed by atoms with E-state index in [0.717, 1.165) is 19.3 Å². The topological polar surface area (TPSA) is 90.2 Å². The monoisotopic (exact) mass is 294 g/mol. The van der Waals surface area contributed by atoms with E-state index in [1.54, 1.807) is 6.92 Å². The lowest BCUT2D eigenvalue weighted by Gasteiger charge is -2.26. The van der Waals surface area contributed by atoms with Crippen molar-refractivity contribution >= 4 is 11.6 Å². The second-order valence-corrected chi connectivity index (χ2v) is 5.59. The lowest BCUT2D eigenvalue weighted by Crippen LogP contribution is -2.25. The molecule has 2 atom stereocenters. The van der Waals surface area contributed by atoms with Gasteiger partial charge in [0.15, 0.2) is 0 Å². The van der Waals surface area contributed by atoms with Gasteiger partial charge in [-0.2, -0.15) is 4.98 Å². The van der Waals surface area contributed by atoms with Crippen molar-refractivity contribution in [1.82, 2.24) is 9.97 Å². The van der Waals surface area contributed by atoms with Crippen molar-refractivity contribution in [2.75, 3.05) is 11.9 Å². The average molecular weight is 294 g/mol. The number of aryl methyl sites for hydroxylation is 1. The minimum Gasteiger partial charge on any atom is -0.469 e. The van der Waals surface area contributed by atoms with Gasteiger partial charge in [0.1, 0.15) is 11.8 Å². The summed E-state index contributed by atoms with van der Waals surface area (Å²) in [7, 11) is 0. The number of nitrogens with one attached hydrogen (secondary N) is 1. The molecule has 1 heterocycles. The van der Waals surface area contributed by atoms with Gasteiger partial charge in [-0.1, -0.05) is 13.3 Å². The summed E-state index contributed by atoms with van der Waals surface area (Å²) in [5.74, 6) is 1.04. The number of hydrogen-bond acceptors (Lipinski definition) is 6. The number of aromatic nitrogens is 2. The van der Waals surface area contributed by atoms with Crippen molar-refractivity contribution in [2.45, 2.75) is 52.6 Å². The van der Waals surface area contributed by atoms with Crippen LogP contribution in [0.25, 0.3) is 0 Å². The van der Waals surface area contributed by atoms with Gasteiger partial charge in [0.05, 0.1) is 4.92 Å². The summed E-state index contributed by atoms with van der Waals surface area (Å²) in [6, 6.07) is 0. The van der Waals surface area contributed by atoms with E-state index in [2.05, 4.69) is 22.2 Å². The van der Waals surface area contributed by atoms with Gasteiger partial charge in [0, 0.05) is 6.54 Å². The van der Waals surface area contributed by atoms with Crippen LogP contribution in [0, 0.1) is 23.0 Å². The number of rotatable bonds is 5. The van der Waals surface area contributed by atoms with Gasteiger partial charge >= 0.3 is 5.69 Å². The van der Waals surface area contributed by atoms with E-state index in [4.69, 9.17) is 4.74 Å². The molecule has 2 rings (SSSR count). The van der Waals surface area contributed by atoms with Crippen LogP contribution in [-0.4, -0.2) is 27.5 Å². The minimum atomic E-state index is -0.466. The van der Waals surface area contributed by atoms with Crippen LogP contribution in [0.4, 0.5) is 11.6 Å². The molecule has 0 amide bonds. The summed E-state index contributed by atoms with van der Waals surface area (Å²) < 4.78 is 5.85. The van der Waals surface area contributed by atoms with Gasteiger partial charge in [0.25, 0.3) is 5.88 Å². The number of ether oxygens (including phenoxy) is 1. The molecular weight excluding hydrogens is 272 g/mol. The third kappa shape index (κ3) is 3.80. The molecule has 1 fully saturated rings. The van der Waals surface area contributed by atoms with Crippen molar-refractivity contribution in [1.29, 1.82) is 0 Å². The van der Waals surface area contributed by atoms with Crippen molar-refractivity contribution in [3.8, 4) is 5.88 Å². The second kappa shape index (κ2) is 6.69. The summed E-state index contributed by atoms with van der Waals surface area (Å²) in [6.45, 7) is 6.36. The summed E-state index contributed by atoms with van der Waals surface area (Å²) in [5, 5.41) is 14.2. The van der Waals surface area contributed by atoms with Crippen LogP contribution in [0.5, 0.6) is 5.88 Å². The van der Waals surface area contributed by atoms with Crippen LogP contribution >= 0.6 is 0 Å². The summed E-state index contributed by atoms with van der Waals surface area (Å²) >= 11 is 0. The summed E-state index contributed by atoms with van der Waals surface area (Å²) in [6.07, 6.45) is 4.10. The smallest absolute Gasteiger partial charge is 0.352 e. The Morgan fingerprint density at radius 3 is 2.81 bits per heavy atom. The van der Waals surface area contributed by atoms with E-state index < -0.39 is 4.92 Å². The summed E-state index contributed by atoms with van der Waals surface area (Å²) in [5.41, 5.74) is 0.194. The zero-order valence-electron chi connectivity index (χ0n) is 12.8. The molecule has 7 heteroatoms. The molecule has 0 saturated heterocycles. The largest absolute Gasteiger partial charge is 0.469 e. The number of hydrogen-bond donors (Lipinski definition) is 1. The predicted molar refractivity (Wildman–Crippen MR) is 79.6 cm³/mol. The fourth-order valence-corrected chi connectivity index (χ4v) is 2.71. The minimum absolute atomic E-state index is 0.00349. The Hall–Kier alpha value is -1.92. The van der Waals surface area contributed by atoms with Crippen molar-refractivity contribution < 1.29 is 9.66 Å². The van der Waals surface area contributed by atoms with Gasteiger partial charge in [0.2, 0.25) is 5.95 Å². The lowest BCUT2D eigenvalue weighted by atomic mass is 9.89. The van der Waals surface area contributed by atoms with Crippen LogP contribution in [0.3, 0.4) is 0 Å². The molecule has 21 heavy (non-hydrogen) atoms. The molecule has 0 aliphatic heterocycles. The van der Waals surface area contributed by atoms with E-state index in [1.807, 2.05) is 6.92 Å². The number of anilines is 1. The van der Waals surface area contributed by atoms with Gasteiger partial charge in [-0.15, -0.1) is 0 Å². The first-order valence-corrected chi connectivity index (χ1v) is 7.44. The zero-order chi connectivity index (χ0) is 15.4. The Morgan fingerprint density at radius 2 is 2.19 bits per heavy atom. The SMILES string of the molecule is CCNc1nc(C)c([N+](=O)[O-])c(OC2CCCC(C)C2)n1. The van der Waals surface area contributed by atoms with Crippen molar-refractivity contribution in [3.63, 3.8) is 0 Å². The van der Waals surface area contributed by atoms with Crippen LogP contribution in [0.2, 0.25) is 0 Å². The van der Waals surface area contributed by atoms with Crippen molar-refractivity contribution in [2.24, 2.45) is 5.92 Å². The Bertz CT molecular complexity index is 521. The molecule has 1 aliphatic carbocycles. The third-order valence-electron chi connectivity index (χ3n) is 3.71. The molecule has 1 aromatic rings. The van der Waals surface area contributed by atoms with Gasteiger partial charge < -0.3 is 10.1 Å². The average Bonchev–Trinajstić information content (AvgIpc) is 2.38. The van der Waals surface area contributed by atoms with Gasteiger partial charge in [-0.25, -0.2) is 4.98 Å². The van der Waals surface area contributed by atoms with Gasteiger partial charge in [-0.05, 0) is 39.0 Å². The molecule has 0 aromatic carbocycles. The first-order chi connectivity index (χ1) is 10.0. The predicted octanol–water partition coefficient (Wildman–Crippen LogP) is 3.08. The highest BCUT2D eigenvalue weighted by Crippen LogP contribution is 2.33. The number of nitro groups is 1. The maximum Gasteiger partial charge on any atom is 0.352 e. The Balaban J connectivity index is 2.28. The van der Waals surface area contributed by atoms with Crippen LogP contribution in [0.1, 0.15) is 45.2 Å². The Kier molecular flexibility index (Phi) is 4.93. The van der Waals surface area contributed by atoms with E-state index in [0.29, 0.717) is 24.1 Å². The maximum absolute atomic E-state index is 11.2.